The summed E-state index contributed by atoms with van der Waals surface area (Å²) in [6, 6.07) is 6.92. The van der Waals surface area contributed by atoms with Crippen LogP contribution < -0.4 is 4.74 Å². The van der Waals surface area contributed by atoms with Crippen molar-refractivity contribution in [2.45, 2.75) is 33.3 Å². The molecule has 0 unspecified atom stereocenters. The molecular weight excluding hydrogens is 272 g/mol. The van der Waals surface area contributed by atoms with Crippen LogP contribution in [0.5, 0.6) is 5.75 Å². The Kier molecular flexibility index (Phi) is 5.52. The zero-order chi connectivity index (χ0) is 16.0. The summed E-state index contributed by atoms with van der Waals surface area (Å²) in [5.41, 5.74) is 0.158. The smallest absolute Gasteiger partial charge is 0.347 e. The maximum atomic E-state index is 11.4. The fourth-order valence-electron chi connectivity index (χ4n) is 1.59. The minimum atomic E-state index is -1.32. The van der Waals surface area contributed by atoms with Crippen molar-refractivity contribution in [2.75, 3.05) is 6.61 Å². The van der Waals surface area contributed by atoms with Crippen molar-refractivity contribution in [2.24, 2.45) is 0 Å². The number of benzene rings is 1. The van der Waals surface area contributed by atoms with Gasteiger partial charge in [0.05, 0.1) is 6.61 Å². The lowest BCUT2D eigenvalue weighted by atomic mass is 10.1. The molecule has 1 aromatic rings. The molecule has 21 heavy (non-hydrogen) atoms. The summed E-state index contributed by atoms with van der Waals surface area (Å²) in [4.78, 5) is 22.5. The second-order valence-corrected chi connectivity index (χ2v) is 5.02. The number of allylic oxidation sites excluding steroid dienone is 1. The molecule has 0 spiro atoms. The largest absolute Gasteiger partial charge is 0.478 e. The molecule has 5 nitrogen and oxygen atoms in total. The van der Waals surface area contributed by atoms with Gasteiger partial charge < -0.3 is 14.6 Å². The molecule has 0 aliphatic rings. The predicted octanol–water partition coefficient (Wildman–Crippen LogP) is 2.90. The predicted molar refractivity (Wildman–Crippen MR) is 79.1 cm³/mol. The summed E-state index contributed by atoms with van der Waals surface area (Å²) >= 11 is 0. The zero-order valence-electron chi connectivity index (χ0n) is 12.7. The van der Waals surface area contributed by atoms with Crippen molar-refractivity contribution in [1.82, 2.24) is 0 Å². The number of rotatable bonds is 6. The normalized spacial score (nSPS) is 11.9. The maximum Gasteiger partial charge on any atom is 0.347 e. The van der Waals surface area contributed by atoms with Crippen LogP contribution in [0.25, 0.3) is 5.57 Å². The van der Waals surface area contributed by atoms with Gasteiger partial charge in [-0.1, -0.05) is 12.1 Å². The van der Waals surface area contributed by atoms with E-state index >= 15 is 0 Å². The number of hydrogen-bond donors (Lipinski definition) is 1. The van der Waals surface area contributed by atoms with E-state index in [0.29, 0.717) is 17.9 Å². The Morgan fingerprint density at radius 3 is 2.57 bits per heavy atom. The molecule has 0 aromatic heterocycles. The van der Waals surface area contributed by atoms with Gasteiger partial charge >= 0.3 is 11.9 Å². The molecule has 0 aliphatic heterocycles. The van der Waals surface area contributed by atoms with E-state index in [0.717, 1.165) is 5.56 Å². The van der Waals surface area contributed by atoms with Gasteiger partial charge in [-0.25, -0.2) is 9.59 Å². The fraction of sp³-hybridized carbons (Fsp3) is 0.375. The molecule has 0 atom stereocenters. The van der Waals surface area contributed by atoms with E-state index in [9.17, 15) is 9.59 Å². The van der Waals surface area contributed by atoms with Gasteiger partial charge in [-0.15, -0.1) is 0 Å². The van der Waals surface area contributed by atoms with Gasteiger partial charge in [-0.3, -0.25) is 0 Å². The second-order valence-electron chi connectivity index (χ2n) is 5.02. The molecule has 1 aromatic carbocycles. The molecule has 0 amide bonds. The van der Waals surface area contributed by atoms with E-state index in [1.807, 2.05) is 6.07 Å². The van der Waals surface area contributed by atoms with Crippen LogP contribution in [0, 0.1) is 0 Å². The topological polar surface area (TPSA) is 72.8 Å². The number of carboxylic acids is 1. The molecule has 5 heteroatoms. The Morgan fingerprint density at radius 1 is 1.33 bits per heavy atom. The first kappa shape index (κ1) is 16.8. The van der Waals surface area contributed by atoms with E-state index < -0.39 is 17.5 Å². The van der Waals surface area contributed by atoms with Gasteiger partial charge in [0, 0.05) is 6.08 Å². The van der Waals surface area contributed by atoms with Crippen molar-refractivity contribution < 1.29 is 24.2 Å². The van der Waals surface area contributed by atoms with E-state index in [2.05, 4.69) is 0 Å². The Hall–Kier alpha value is -2.30. The molecule has 0 bridgehead atoms. The van der Waals surface area contributed by atoms with Crippen molar-refractivity contribution in [3.8, 4) is 5.75 Å². The van der Waals surface area contributed by atoms with Crippen molar-refractivity contribution >= 4 is 17.5 Å². The average Bonchev–Trinajstić information content (AvgIpc) is 2.38. The average molecular weight is 292 g/mol. The Labute approximate surface area is 124 Å². The zero-order valence-corrected chi connectivity index (χ0v) is 12.7. The Bertz CT molecular complexity index is 558. The Morgan fingerprint density at radius 2 is 2.00 bits per heavy atom. The van der Waals surface area contributed by atoms with E-state index in [4.69, 9.17) is 14.6 Å². The number of esters is 1. The summed E-state index contributed by atoms with van der Waals surface area (Å²) < 4.78 is 10.3. The van der Waals surface area contributed by atoms with Crippen LogP contribution in [-0.2, 0) is 14.3 Å². The number of carboxylic acid groups (broad SMARTS) is 1. The maximum absolute atomic E-state index is 11.4. The van der Waals surface area contributed by atoms with Gasteiger partial charge in [0.25, 0.3) is 0 Å². The molecule has 0 aliphatic carbocycles. The number of carbonyl (C=O) groups is 2. The molecule has 0 fully saturated rings. The number of hydrogen-bond acceptors (Lipinski definition) is 4. The van der Waals surface area contributed by atoms with Crippen molar-refractivity contribution in [1.29, 1.82) is 0 Å². The van der Waals surface area contributed by atoms with Crippen molar-refractivity contribution in [3.05, 3.63) is 35.9 Å². The minimum Gasteiger partial charge on any atom is -0.478 e. The molecule has 1 N–H and O–H groups in total. The SMILES string of the molecule is CCOC(=O)/C=C(\C)c1cccc(OC(C)(C)C(=O)O)c1. The molecule has 0 heterocycles. The van der Waals surface area contributed by atoms with E-state index in [-0.39, 0.29) is 0 Å². The minimum absolute atomic E-state index is 0.318. The van der Waals surface area contributed by atoms with Crippen LogP contribution in [0.3, 0.4) is 0 Å². The lowest BCUT2D eigenvalue weighted by Crippen LogP contribution is -2.37. The lowest BCUT2D eigenvalue weighted by molar-refractivity contribution is -0.152. The highest BCUT2D eigenvalue weighted by molar-refractivity contribution is 5.91. The van der Waals surface area contributed by atoms with E-state index in [1.54, 1.807) is 32.0 Å². The Balaban J connectivity index is 2.95. The van der Waals surface area contributed by atoms with Gasteiger partial charge in [-0.05, 0) is 51.0 Å². The highest BCUT2D eigenvalue weighted by atomic mass is 16.5. The van der Waals surface area contributed by atoms with Gasteiger partial charge in [-0.2, -0.15) is 0 Å². The summed E-state index contributed by atoms with van der Waals surface area (Å²) in [6.07, 6.45) is 1.39. The lowest BCUT2D eigenvalue weighted by Gasteiger charge is -2.21. The van der Waals surface area contributed by atoms with Crippen LogP contribution in [0.4, 0.5) is 0 Å². The molecular formula is C16H20O5. The standard InChI is InChI=1S/C16H20O5/c1-5-20-14(17)9-11(2)12-7-6-8-13(10-12)21-16(3,4)15(18)19/h6-10H,5H2,1-4H3,(H,18,19)/b11-9+. The van der Waals surface area contributed by atoms with Crippen LogP contribution in [0.1, 0.15) is 33.3 Å². The van der Waals surface area contributed by atoms with E-state index in [1.165, 1.54) is 19.9 Å². The van der Waals surface area contributed by atoms with Gasteiger partial charge in [0.1, 0.15) is 5.75 Å². The third kappa shape index (κ3) is 4.95. The van der Waals surface area contributed by atoms with Crippen LogP contribution in [-0.4, -0.2) is 29.3 Å². The molecule has 0 saturated carbocycles. The van der Waals surface area contributed by atoms with Gasteiger partial charge in [0.15, 0.2) is 5.60 Å². The van der Waals surface area contributed by atoms with Crippen LogP contribution in [0.2, 0.25) is 0 Å². The van der Waals surface area contributed by atoms with Crippen LogP contribution >= 0.6 is 0 Å². The quantitative estimate of drug-likeness (QED) is 0.644. The summed E-state index contributed by atoms with van der Waals surface area (Å²) in [5, 5.41) is 9.06. The molecule has 0 saturated heterocycles. The molecule has 0 radical (unpaired) electrons. The number of carbonyl (C=O) groups excluding carboxylic acids is 1. The summed E-state index contributed by atoms with van der Waals surface area (Å²) in [7, 11) is 0. The number of aliphatic carboxylic acids is 1. The third-order valence-corrected chi connectivity index (χ3v) is 2.80. The first-order valence-electron chi connectivity index (χ1n) is 6.64. The van der Waals surface area contributed by atoms with Crippen molar-refractivity contribution in [3.63, 3.8) is 0 Å². The first-order valence-corrected chi connectivity index (χ1v) is 6.64. The molecule has 114 valence electrons. The van der Waals surface area contributed by atoms with Gasteiger partial charge in [0.2, 0.25) is 0 Å². The van der Waals surface area contributed by atoms with Crippen LogP contribution in [0.15, 0.2) is 30.3 Å². The second kappa shape index (κ2) is 6.92. The summed E-state index contributed by atoms with van der Waals surface area (Å²) in [5.74, 6) is -1.03. The first-order chi connectivity index (χ1) is 9.76. The summed E-state index contributed by atoms with van der Waals surface area (Å²) in [6.45, 7) is 6.78. The monoisotopic (exact) mass is 292 g/mol. The number of ether oxygens (including phenoxy) is 2. The highest BCUT2D eigenvalue weighted by Crippen LogP contribution is 2.23. The fourth-order valence-corrected chi connectivity index (χ4v) is 1.59. The molecule has 1 rings (SSSR count). The third-order valence-electron chi connectivity index (χ3n) is 2.80. The highest BCUT2D eigenvalue weighted by Gasteiger charge is 2.29.